The van der Waals surface area contributed by atoms with Gasteiger partial charge >= 0.3 is 0 Å². The molecule has 1 aliphatic rings. The molecule has 0 radical (unpaired) electrons. The second-order valence-electron chi connectivity index (χ2n) is 8.30. The third-order valence-electron chi connectivity index (χ3n) is 6.06. The summed E-state index contributed by atoms with van der Waals surface area (Å²) in [4.78, 5) is 21.6. The highest BCUT2D eigenvalue weighted by atomic mass is 16.5. The molecule has 4 rings (SSSR count). The zero-order chi connectivity index (χ0) is 22.9. The molecule has 0 saturated carbocycles. The van der Waals surface area contributed by atoms with Gasteiger partial charge in [-0.2, -0.15) is 0 Å². The molecule has 3 aromatic rings. The fourth-order valence-electron chi connectivity index (χ4n) is 4.21. The number of unbranched alkanes of at least 4 members (excludes halogenated alkanes) is 1. The monoisotopic (exact) mass is 462 g/mol. The van der Waals surface area contributed by atoms with Gasteiger partial charge in [0.2, 0.25) is 5.91 Å². The highest BCUT2D eigenvalue weighted by Crippen LogP contribution is 2.28. The lowest BCUT2D eigenvalue weighted by Gasteiger charge is -2.36. The maximum Gasteiger partial charge on any atom is 0.224 e. The molecule has 0 spiro atoms. The number of piperazine rings is 1. The van der Waals surface area contributed by atoms with E-state index in [1.165, 1.54) is 5.69 Å². The summed E-state index contributed by atoms with van der Waals surface area (Å²) in [6.07, 6.45) is 4.25. The Bertz CT molecular complexity index is 1020. The number of nitrogens with zero attached hydrogens (tertiary/aromatic N) is 3. The van der Waals surface area contributed by atoms with Crippen molar-refractivity contribution >= 4 is 17.3 Å². The van der Waals surface area contributed by atoms with Crippen LogP contribution >= 0.6 is 0 Å². The van der Waals surface area contributed by atoms with Crippen LogP contribution in [0.25, 0.3) is 11.3 Å². The van der Waals surface area contributed by atoms with Gasteiger partial charge in [-0.1, -0.05) is 37.8 Å². The van der Waals surface area contributed by atoms with Crippen LogP contribution in [0.15, 0.2) is 72.9 Å². The Balaban J connectivity index is 0.00000216. The van der Waals surface area contributed by atoms with Crippen molar-refractivity contribution in [3.05, 3.63) is 72.9 Å². The van der Waals surface area contributed by atoms with Gasteiger partial charge in [0.15, 0.2) is 0 Å². The van der Waals surface area contributed by atoms with E-state index in [1.807, 2.05) is 54.6 Å². The normalized spacial score (nSPS) is 13.7. The van der Waals surface area contributed by atoms with Gasteiger partial charge < -0.3 is 15.0 Å². The van der Waals surface area contributed by atoms with Crippen LogP contribution in [0.1, 0.15) is 28.1 Å². The number of hydrogen-bond donors (Lipinski definition) is 1. The van der Waals surface area contributed by atoms with E-state index in [9.17, 15) is 4.79 Å². The summed E-state index contributed by atoms with van der Waals surface area (Å²) in [5.74, 6) is 1.00. The number of hydrogen-bond acceptors (Lipinski definition) is 5. The molecule has 1 N–H and O–H groups in total. The average Bonchev–Trinajstić information content (AvgIpc) is 2.88. The van der Waals surface area contributed by atoms with E-state index in [2.05, 4.69) is 32.2 Å². The number of nitrogens with one attached hydrogen (secondary N) is 1. The number of amides is 1. The summed E-state index contributed by atoms with van der Waals surface area (Å²) in [5, 5.41) is 3.00. The van der Waals surface area contributed by atoms with Crippen LogP contribution < -0.4 is 15.0 Å². The number of rotatable bonds is 9. The topological polar surface area (TPSA) is 57.7 Å². The Hall–Kier alpha value is -3.38. The van der Waals surface area contributed by atoms with Crippen LogP contribution in [0.4, 0.5) is 11.4 Å². The van der Waals surface area contributed by atoms with Gasteiger partial charge in [0.1, 0.15) is 5.75 Å². The van der Waals surface area contributed by atoms with Crippen molar-refractivity contribution in [3.63, 3.8) is 0 Å². The average molecular weight is 463 g/mol. The molecule has 34 heavy (non-hydrogen) atoms. The maximum absolute atomic E-state index is 12.3. The number of benzene rings is 2. The molecule has 1 fully saturated rings. The first-order chi connectivity index (χ1) is 16.2. The highest BCUT2D eigenvalue weighted by molar-refractivity contribution is 5.90. The van der Waals surface area contributed by atoms with E-state index in [-0.39, 0.29) is 14.8 Å². The third kappa shape index (κ3) is 6.81. The molecule has 0 atom stereocenters. The Labute approximate surface area is 205 Å². The van der Waals surface area contributed by atoms with E-state index < -0.39 is 0 Å². The SMILES string of the molecule is C.COc1ccccc1N1CCN(CCCCC(=O)Nc2ccc(-c3ccccn3)cc2)CC1.[HH]. The van der Waals surface area contributed by atoms with E-state index in [0.29, 0.717) is 6.42 Å². The number of para-hydroxylation sites is 2. The number of carbonyl (C=O) groups excluding carboxylic acids is 1. The molecule has 6 heteroatoms. The van der Waals surface area contributed by atoms with Crippen molar-refractivity contribution in [1.29, 1.82) is 0 Å². The number of pyridine rings is 1. The molecule has 1 aromatic heterocycles. The maximum atomic E-state index is 12.3. The molecule has 0 unspecified atom stereocenters. The van der Waals surface area contributed by atoms with Gasteiger partial charge in [-0.15, -0.1) is 0 Å². The molecule has 0 bridgehead atoms. The molecule has 1 amide bonds. The molecule has 1 saturated heterocycles. The summed E-state index contributed by atoms with van der Waals surface area (Å²) in [7, 11) is 1.72. The highest BCUT2D eigenvalue weighted by Gasteiger charge is 2.19. The number of carbonyl (C=O) groups is 1. The summed E-state index contributed by atoms with van der Waals surface area (Å²) in [6, 6.07) is 21.9. The van der Waals surface area contributed by atoms with Gasteiger partial charge in [0.05, 0.1) is 18.5 Å². The molecule has 2 aromatic carbocycles. The molecule has 182 valence electrons. The van der Waals surface area contributed by atoms with Crippen molar-refractivity contribution in [2.24, 2.45) is 0 Å². The Morgan fingerprint density at radius 2 is 1.71 bits per heavy atom. The minimum Gasteiger partial charge on any atom is -0.495 e. The predicted octanol–water partition coefficient (Wildman–Crippen LogP) is 5.57. The molecule has 6 nitrogen and oxygen atoms in total. The number of aromatic nitrogens is 1. The standard InChI is InChI=1S/C27H32N4O2.CH4.H2/c1-33-26-10-3-2-9-25(26)31-20-18-30(19-21-31)17-7-5-11-27(32)29-23-14-12-22(13-15-23)24-8-4-6-16-28-24;;/h2-4,6,8-10,12-16H,5,7,11,17-21H2,1H3,(H,29,32);1H4;1H. The number of methoxy groups -OCH3 is 1. The van der Waals surface area contributed by atoms with Gasteiger partial charge in [-0.05, 0) is 55.8 Å². The van der Waals surface area contributed by atoms with Crippen molar-refractivity contribution in [2.45, 2.75) is 26.7 Å². The molecule has 1 aliphatic heterocycles. The fraction of sp³-hybridized carbons (Fsp3) is 0.357. The first-order valence-corrected chi connectivity index (χ1v) is 11.6. The zero-order valence-electron chi connectivity index (χ0n) is 19.2. The quantitative estimate of drug-likeness (QED) is 0.421. The smallest absolute Gasteiger partial charge is 0.224 e. The lowest BCUT2D eigenvalue weighted by Crippen LogP contribution is -2.46. The fourth-order valence-corrected chi connectivity index (χ4v) is 4.21. The number of ether oxygens (including phenoxy) is 1. The lowest BCUT2D eigenvalue weighted by molar-refractivity contribution is -0.116. The molecule has 2 heterocycles. The zero-order valence-corrected chi connectivity index (χ0v) is 19.2. The second kappa shape index (κ2) is 12.8. The van der Waals surface area contributed by atoms with Gasteiger partial charge in [0, 0.05) is 51.5 Å². The molecule has 0 aliphatic carbocycles. The predicted molar refractivity (Wildman–Crippen MR) is 143 cm³/mol. The van der Waals surface area contributed by atoms with Crippen molar-refractivity contribution in [1.82, 2.24) is 9.88 Å². The van der Waals surface area contributed by atoms with Crippen molar-refractivity contribution in [3.8, 4) is 17.0 Å². The summed E-state index contributed by atoms with van der Waals surface area (Å²) in [5.41, 5.74) is 3.97. The van der Waals surface area contributed by atoms with Crippen LogP contribution in [-0.4, -0.2) is 55.6 Å². The minimum absolute atomic E-state index is 0. The molecular weight excluding hydrogens is 424 g/mol. The van der Waals surface area contributed by atoms with Crippen LogP contribution in [0, 0.1) is 0 Å². The number of anilines is 2. The van der Waals surface area contributed by atoms with Crippen LogP contribution in [0.3, 0.4) is 0 Å². The summed E-state index contributed by atoms with van der Waals surface area (Å²) >= 11 is 0. The van der Waals surface area contributed by atoms with E-state index in [1.54, 1.807) is 13.3 Å². The second-order valence-corrected chi connectivity index (χ2v) is 8.30. The first-order valence-electron chi connectivity index (χ1n) is 11.6. The summed E-state index contributed by atoms with van der Waals surface area (Å²) in [6.45, 7) is 5.09. The first kappa shape index (κ1) is 25.2. The van der Waals surface area contributed by atoms with E-state index >= 15 is 0 Å². The van der Waals surface area contributed by atoms with E-state index in [0.717, 1.165) is 68.3 Å². The van der Waals surface area contributed by atoms with Gasteiger partial charge in [-0.25, -0.2) is 0 Å². The van der Waals surface area contributed by atoms with E-state index in [4.69, 9.17) is 4.74 Å². The lowest BCUT2D eigenvalue weighted by atomic mass is 10.1. The van der Waals surface area contributed by atoms with Crippen LogP contribution in [0.5, 0.6) is 5.75 Å². The Morgan fingerprint density at radius 3 is 2.41 bits per heavy atom. The largest absolute Gasteiger partial charge is 0.495 e. The Morgan fingerprint density at radius 1 is 0.971 bits per heavy atom. The molecular formula is C28H38N4O2. The van der Waals surface area contributed by atoms with Crippen LogP contribution in [-0.2, 0) is 4.79 Å². The summed E-state index contributed by atoms with van der Waals surface area (Å²) < 4.78 is 5.50. The van der Waals surface area contributed by atoms with Crippen molar-refractivity contribution < 1.29 is 11.0 Å². The van der Waals surface area contributed by atoms with Gasteiger partial charge in [0.25, 0.3) is 0 Å². The van der Waals surface area contributed by atoms with Crippen LogP contribution in [0.2, 0.25) is 0 Å². The van der Waals surface area contributed by atoms with Crippen molar-refractivity contribution in [2.75, 3.05) is 50.1 Å². The minimum atomic E-state index is 0. The Kier molecular flexibility index (Phi) is 9.47. The third-order valence-corrected chi connectivity index (χ3v) is 6.06. The van der Waals surface area contributed by atoms with Gasteiger partial charge in [-0.3, -0.25) is 14.7 Å².